The second kappa shape index (κ2) is 8.10. The molecule has 6 nitrogen and oxygen atoms in total. The van der Waals surface area contributed by atoms with E-state index in [4.69, 9.17) is 10.00 Å². The summed E-state index contributed by atoms with van der Waals surface area (Å²) in [7, 11) is 0. The highest BCUT2D eigenvalue weighted by Crippen LogP contribution is 2.05. The van der Waals surface area contributed by atoms with Crippen LogP contribution in [0.25, 0.3) is 0 Å². The lowest BCUT2D eigenvalue weighted by Crippen LogP contribution is -2.35. The summed E-state index contributed by atoms with van der Waals surface area (Å²) in [5, 5.41) is 8.80. The average Bonchev–Trinajstić information content (AvgIpc) is 2.49. The lowest BCUT2D eigenvalue weighted by atomic mass is 10.2. The Balaban J connectivity index is 2.77. The third-order valence-electron chi connectivity index (χ3n) is 3.14. The second-order valence-electron chi connectivity index (χ2n) is 4.71. The fraction of sp³-hybridized carbons (Fsp3) is 0.533. The zero-order valence-corrected chi connectivity index (χ0v) is 12.7. The molecule has 0 N–H and O–H groups in total. The number of likely N-dealkylation sites (N-methyl/N-ethyl adjacent to an activating group) is 1. The summed E-state index contributed by atoms with van der Waals surface area (Å²) < 4.78 is 6.75. The summed E-state index contributed by atoms with van der Waals surface area (Å²) in [5.41, 5.74) is -0.327. The van der Waals surface area contributed by atoms with Crippen molar-refractivity contribution >= 4 is 5.91 Å². The number of carbonyl (C=O) groups is 1. The van der Waals surface area contributed by atoms with Gasteiger partial charge in [-0.15, -0.1) is 0 Å². The first-order valence-corrected chi connectivity index (χ1v) is 7.03. The molecule has 0 saturated carbocycles. The van der Waals surface area contributed by atoms with E-state index in [-0.39, 0.29) is 29.7 Å². The van der Waals surface area contributed by atoms with Crippen molar-refractivity contribution in [1.29, 1.82) is 5.26 Å². The first-order valence-electron chi connectivity index (χ1n) is 7.03. The van der Waals surface area contributed by atoms with Crippen molar-refractivity contribution in [2.45, 2.75) is 27.3 Å². The molecular formula is C15H21N3O3. The molecule has 1 aromatic heterocycles. The van der Waals surface area contributed by atoms with Crippen LogP contribution in [0.3, 0.4) is 0 Å². The van der Waals surface area contributed by atoms with Crippen LogP contribution in [0.15, 0.2) is 23.1 Å². The summed E-state index contributed by atoms with van der Waals surface area (Å²) in [6, 6.07) is 5.28. The van der Waals surface area contributed by atoms with E-state index in [2.05, 4.69) is 6.07 Å². The zero-order chi connectivity index (χ0) is 15.8. The Morgan fingerprint density at radius 1 is 1.48 bits per heavy atom. The number of nitriles is 1. The van der Waals surface area contributed by atoms with Gasteiger partial charge in [0.25, 0.3) is 11.5 Å². The van der Waals surface area contributed by atoms with Gasteiger partial charge in [-0.2, -0.15) is 5.26 Å². The average molecular weight is 291 g/mol. The highest BCUT2D eigenvalue weighted by atomic mass is 16.5. The predicted octanol–water partition coefficient (Wildman–Crippen LogP) is 1.26. The highest BCUT2D eigenvalue weighted by Gasteiger charge is 2.12. The Morgan fingerprint density at radius 3 is 2.71 bits per heavy atom. The quantitative estimate of drug-likeness (QED) is 0.758. The molecule has 6 heteroatoms. The molecule has 1 atom stereocenters. The van der Waals surface area contributed by atoms with Crippen LogP contribution in [0, 0.1) is 17.2 Å². The van der Waals surface area contributed by atoms with Gasteiger partial charge in [0.15, 0.2) is 12.4 Å². The molecule has 1 amide bonds. The number of pyridine rings is 1. The van der Waals surface area contributed by atoms with Crippen LogP contribution in [0.2, 0.25) is 0 Å². The molecule has 0 bridgehead atoms. The molecule has 1 heterocycles. The molecule has 1 unspecified atom stereocenters. The van der Waals surface area contributed by atoms with Crippen molar-refractivity contribution in [3.8, 4) is 11.8 Å². The predicted molar refractivity (Wildman–Crippen MR) is 78.9 cm³/mol. The van der Waals surface area contributed by atoms with E-state index >= 15 is 0 Å². The monoisotopic (exact) mass is 291 g/mol. The molecule has 0 aliphatic rings. The van der Waals surface area contributed by atoms with Crippen molar-refractivity contribution in [1.82, 2.24) is 9.47 Å². The molecule has 0 saturated heterocycles. The Morgan fingerprint density at radius 2 is 2.14 bits per heavy atom. The smallest absolute Gasteiger partial charge is 0.292 e. The third-order valence-corrected chi connectivity index (χ3v) is 3.14. The van der Waals surface area contributed by atoms with Gasteiger partial charge in [0.05, 0.1) is 12.0 Å². The van der Waals surface area contributed by atoms with Crippen molar-refractivity contribution < 1.29 is 9.53 Å². The van der Waals surface area contributed by atoms with Crippen molar-refractivity contribution in [3.63, 3.8) is 0 Å². The number of aromatic nitrogens is 1. The lowest BCUT2D eigenvalue weighted by Gasteiger charge is -2.18. The first-order chi connectivity index (χ1) is 10.0. The van der Waals surface area contributed by atoms with Gasteiger partial charge in [-0.05, 0) is 32.9 Å². The number of hydrogen-bond acceptors (Lipinski definition) is 4. The Hall–Kier alpha value is -2.29. The van der Waals surface area contributed by atoms with Gasteiger partial charge in [0.1, 0.15) is 0 Å². The number of hydrogen-bond donors (Lipinski definition) is 0. The van der Waals surface area contributed by atoms with Crippen LogP contribution >= 0.6 is 0 Å². The van der Waals surface area contributed by atoms with Crippen LogP contribution in [-0.2, 0) is 11.3 Å². The maximum Gasteiger partial charge on any atom is 0.292 e. The SMILES string of the molecule is CCN(CC)C(=O)COc1cccn(CC(C)C#N)c1=O. The molecule has 0 radical (unpaired) electrons. The zero-order valence-electron chi connectivity index (χ0n) is 12.7. The van der Waals surface area contributed by atoms with Gasteiger partial charge in [-0.1, -0.05) is 0 Å². The Bertz CT molecular complexity index is 570. The lowest BCUT2D eigenvalue weighted by molar-refractivity contribution is -0.133. The van der Waals surface area contributed by atoms with Gasteiger partial charge in [0, 0.05) is 25.8 Å². The molecule has 0 fully saturated rings. The van der Waals surface area contributed by atoms with Crippen LogP contribution in [0.4, 0.5) is 0 Å². The van der Waals surface area contributed by atoms with Gasteiger partial charge in [-0.3, -0.25) is 9.59 Å². The number of amides is 1. The van der Waals surface area contributed by atoms with E-state index in [1.165, 1.54) is 10.6 Å². The number of ether oxygens (including phenoxy) is 1. The van der Waals surface area contributed by atoms with E-state index in [1.54, 1.807) is 24.1 Å². The Kier molecular flexibility index (Phi) is 6.47. The highest BCUT2D eigenvalue weighted by molar-refractivity contribution is 5.77. The standard InChI is InChI=1S/C15H21N3O3/c1-4-17(5-2)14(19)11-21-13-7-6-8-18(15(13)20)10-12(3)9-16/h6-8,12H,4-5,10-11H2,1-3H3. The molecule has 1 rings (SSSR count). The number of nitrogens with zero attached hydrogens (tertiary/aromatic N) is 3. The van der Waals surface area contributed by atoms with Gasteiger partial charge in [-0.25, -0.2) is 0 Å². The minimum atomic E-state index is -0.327. The first kappa shape index (κ1) is 16.8. The van der Waals surface area contributed by atoms with Crippen molar-refractivity contribution in [3.05, 3.63) is 28.7 Å². The molecule has 0 aliphatic carbocycles. The van der Waals surface area contributed by atoms with Gasteiger partial charge < -0.3 is 14.2 Å². The largest absolute Gasteiger partial charge is 0.478 e. The Labute approximate surface area is 124 Å². The van der Waals surface area contributed by atoms with E-state index in [0.29, 0.717) is 19.6 Å². The van der Waals surface area contributed by atoms with Crippen molar-refractivity contribution in [2.75, 3.05) is 19.7 Å². The third kappa shape index (κ3) is 4.63. The van der Waals surface area contributed by atoms with E-state index in [0.717, 1.165) is 0 Å². The van der Waals surface area contributed by atoms with Gasteiger partial charge >= 0.3 is 0 Å². The molecular weight excluding hydrogens is 270 g/mol. The minimum absolute atomic E-state index is 0.128. The number of carbonyl (C=O) groups excluding carboxylic acids is 1. The maximum absolute atomic E-state index is 12.1. The van der Waals surface area contributed by atoms with Crippen LogP contribution in [-0.4, -0.2) is 35.1 Å². The topological polar surface area (TPSA) is 75.3 Å². The number of rotatable bonds is 7. The normalized spacial score (nSPS) is 11.5. The molecule has 21 heavy (non-hydrogen) atoms. The summed E-state index contributed by atoms with van der Waals surface area (Å²) in [4.78, 5) is 25.6. The fourth-order valence-electron chi connectivity index (χ4n) is 1.91. The molecule has 0 aliphatic heterocycles. The molecule has 1 aromatic rings. The fourth-order valence-corrected chi connectivity index (χ4v) is 1.91. The van der Waals surface area contributed by atoms with Crippen LogP contribution < -0.4 is 10.3 Å². The second-order valence-corrected chi connectivity index (χ2v) is 4.71. The molecule has 114 valence electrons. The maximum atomic E-state index is 12.1. The summed E-state index contributed by atoms with van der Waals surface area (Å²) in [6.45, 7) is 6.88. The van der Waals surface area contributed by atoms with Crippen molar-refractivity contribution in [2.24, 2.45) is 5.92 Å². The summed E-state index contributed by atoms with van der Waals surface area (Å²) in [6.07, 6.45) is 1.61. The van der Waals surface area contributed by atoms with Crippen LogP contribution in [0.5, 0.6) is 5.75 Å². The van der Waals surface area contributed by atoms with E-state index < -0.39 is 0 Å². The van der Waals surface area contributed by atoms with Crippen LogP contribution in [0.1, 0.15) is 20.8 Å². The summed E-state index contributed by atoms with van der Waals surface area (Å²) in [5.74, 6) is -0.293. The summed E-state index contributed by atoms with van der Waals surface area (Å²) >= 11 is 0. The molecule has 0 aromatic carbocycles. The van der Waals surface area contributed by atoms with E-state index in [9.17, 15) is 9.59 Å². The molecule has 0 spiro atoms. The van der Waals surface area contributed by atoms with E-state index in [1.807, 2.05) is 13.8 Å². The minimum Gasteiger partial charge on any atom is -0.478 e. The van der Waals surface area contributed by atoms with Gasteiger partial charge in [0.2, 0.25) is 0 Å².